The van der Waals surface area contributed by atoms with Crippen LogP contribution < -0.4 is 0 Å². The van der Waals surface area contributed by atoms with Gasteiger partial charge in [-0.3, -0.25) is 28.8 Å². The van der Waals surface area contributed by atoms with Gasteiger partial charge in [0.15, 0.2) is 11.6 Å². The Balaban J connectivity index is 3.24. The van der Waals surface area contributed by atoms with Gasteiger partial charge < -0.3 is 18.9 Å². The smallest absolute Gasteiger partial charge is 0.334 e. The number of ether oxygens (including phenoxy) is 4. The van der Waals surface area contributed by atoms with Crippen molar-refractivity contribution in [2.24, 2.45) is 10.8 Å². The second-order valence-corrected chi connectivity index (χ2v) is 7.77. The van der Waals surface area contributed by atoms with Gasteiger partial charge in [0.05, 0.1) is 26.4 Å². The predicted molar refractivity (Wildman–Crippen MR) is 133 cm³/mol. The van der Waals surface area contributed by atoms with Crippen molar-refractivity contribution in [3.8, 4) is 0 Å². The van der Waals surface area contributed by atoms with Crippen LogP contribution in [-0.2, 0) is 38.1 Å². The molecule has 0 N–H and O–H groups in total. The first-order chi connectivity index (χ1) is 18.2. The highest BCUT2D eigenvalue weighted by Crippen LogP contribution is 2.49. The van der Waals surface area contributed by atoms with Crippen LogP contribution in [0.4, 0.5) is 0 Å². The summed E-state index contributed by atoms with van der Waals surface area (Å²) in [6.07, 6.45) is 0. The Kier molecular flexibility index (Phi) is 10.4. The number of ketones is 2. The Labute approximate surface area is 220 Å². The minimum atomic E-state index is -3.49. The van der Waals surface area contributed by atoms with Crippen molar-refractivity contribution in [1.82, 2.24) is 0 Å². The summed E-state index contributed by atoms with van der Waals surface area (Å²) in [6.45, 7) is 4.05. The maximum absolute atomic E-state index is 14.3. The zero-order valence-corrected chi connectivity index (χ0v) is 21.7. The molecule has 0 aliphatic heterocycles. The van der Waals surface area contributed by atoms with E-state index in [-0.39, 0.29) is 37.6 Å². The standard InChI is InChI=1S/C28H30O10/c1-5-35-23(31)27(24(32)36-6-2,21(29)19-15-11-9-12-16-19)28(25(33)37-7-3,26(34)38-8-4)22(30)20-17-13-10-14-18-20/h9-18H,5-8H2,1-4H3. The number of Topliss-reactive ketones (excluding diaryl/α,β-unsaturated/α-hetero) is 2. The third-order valence-corrected chi connectivity index (χ3v) is 5.64. The largest absolute Gasteiger partial charge is 0.465 e. The van der Waals surface area contributed by atoms with E-state index in [1.165, 1.54) is 76.2 Å². The van der Waals surface area contributed by atoms with Crippen molar-refractivity contribution < 1.29 is 47.7 Å². The second-order valence-electron chi connectivity index (χ2n) is 7.77. The fourth-order valence-electron chi connectivity index (χ4n) is 4.06. The molecule has 38 heavy (non-hydrogen) atoms. The van der Waals surface area contributed by atoms with E-state index in [0.717, 1.165) is 0 Å². The number of hydrogen-bond acceptors (Lipinski definition) is 10. The highest BCUT2D eigenvalue weighted by atomic mass is 16.6. The average molecular weight is 527 g/mol. The van der Waals surface area contributed by atoms with Crippen LogP contribution in [0.15, 0.2) is 60.7 Å². The zero-order chi connectivity index (χ0) is 28.3. The van der Waals surface area contributed by atoms with E-state index in [0.29, 0.717) is 0 Å². The van der Waals surface area contributed by atoms with Crippen LogP contribution in [0.2, 0.25) is 0 Å². The summed E-state index contributed by atoms with van der Waals surface area (Å²) in [4.78, 5) is 84.2. The van der Waals surface area contributed by atoms with Crippen molar-refractivity contribution in [3.63, 3.8) is 0 Å². The SMILES string of the molecule is CCOC(=O)C(C(=O)OCC)(C(=O)c1ccccc1)C(C(=O)OCC)(C(=O)OCC)C(=O)c1ccccc1. The Morgan fingerprint density at radius 3 is 0.921 bits per heavy atom. The highest BCUT2D eigenvalue weighted by molar-refractivity contribution is 6.40. The van der Waals surface area contributed by atoms with Gasteiger partial charge in [-0.15, -0.1) is 0 Å². The van der Waals surface area contributed by atoms with Crippen LogP contribution in [-0.4, -0.2) is 61.9 Å². The zero-order valence-electron chi connectivity index (χ0n) is 21.7. The highest BCUT2D eigenvalue weighted by Gasteiger charge is 2.80. The summed E-state index contributed by atoms with van der Waals surface area (Å²) in [5.74, 6) is -9.31. The minimum Gasteiger partial charge on any atom is -0.465 e. The van der Waals surface area contributed by atoms with Gasteiger partial charge in [-0.25, -0.2) is 0 Å². The molecule has 0 bridgehead atoms. The Morgan fingerprint density at radius 1 is 0.474 bits per heavy atom. The first-order valence-electron chi connectivity index (χ1n) is 12.1. The number of benzene rings is 2. The molecular weight excluding hydrogens is 496 g/mol. The Morgan fingerprint density at radius 2 is 0.711 bits per heavy atom. The summed E-state index contributed by atoms with van der Waals surface area (Å²) in [6, 6.07) is 13.9. The molecule has 202 valence electrons. The number of esters is 4. The molecule has 0 spiro atoms. The normalized spacial score (nSPS) is 11.2. The van der Waals surface area contributed by atoms with Gasteiger partial charge in [-0.1, -0.05) is 60.7 Å². The molecule has 0 saturated carbocycles. The second kappa shape index (κ2) is 13.3. The molecular formula is C28H30O10. The molecule has 2 rings (SSSR count). The first kappa shape index (κ1) is 29.9. The maximum Gasteiger partial charge on any atom is 0.334 e. The van der Waals surface area contributed by atoms with E-state index in [2.05, 4.69) is 0 Å². The summed E-state index contributed by atoms with van der Waals surface area (Å²) in [5, 5.41) is 0. The van der Waals surface area contributed by atoms with Gasteiger partial charge in [0.1, 0.15) is 0 Å². The summed E-state index contributed by atoms with van der Waals surface area (Å²) < 4.78 is 20.6. The van der Waals surface area contributed by atoms with Crippen molar-refractivity contribution in [1.29, 1.82) is 0 Å². The molecule has 0 heterocycles. The summed E-state index contributed by atoms with van der Waals surface area (Å²) in [7, 11) is 0. The molecule has 10 nitrogen and oxygen atoms in total. The minimum absolute atomic E-state index is 0.271. The predicted octanol–water partition coefficient (Wildman–Crippen LogP) is 2.98. The monoisotopic (exact) mass is 526 g/mol. The molecule has 0 atom stereocenters. The maximum atomic E-state index is 14.3. The van der Waals surface area contributed by atoms with Crippen molar-refractivity contribution >= 4 is 35.4 Å². The third-order valence-electron chi connectivity index (χ3n) is 5.64. The fourth-order valence-corrected chi connectivity index (χ4v) is 4.06. The van der Waals surface area contributed by atoms with Gasteiger partial charge >= 0.3 is 23.9 Å². The van der Waals surface area contributed by atoms with Crippen LogP contribution in [0.3, 0.4) is 0 Å². The quantitative estimate of drug-likeness (QED) is 0.166. The fraction of sp³-hybridized carbons (Fsp3) is 0.357. The lowest BCUT2D eigenvalue weighted by Gasteiger charge is -2.40. The van der Waals surface area contributed by atoms with E-state index < -0.39 is 46.3 Å². The van der Waals surface area contributed by atoms with Gasteiger partial charge in [0.2, 0.25) is 0 Å². The van der Waals surface area contributed by atoms with E-state index in [1.807, 2.05) is 0 Å². The topological polar surface area (TPSA) is 139 Å². The molecule has 0 saturated heterocycles. The third kappa shape index (κ3) is 5.06. The first-order valence-corrected chi connectivity index (χ1v) is 12.1. The molecule has 2 aromatic carbocycles. The van der Waals surface area contributed by atoms with Crippen LogP contribution in [0.1, 0.15) is 48.4 Å². The molecule has 0 aliphatic carbocycles. The number of carbonyl (C=O) groups is 6. The lowest BCUT2D eigenvalue weighted by atomic mass is 9.56. The summed E-state index contributed by atoms with van der Waals surface area (Å²) in [5.41, 5.74) is -7.53. The average Bonchev–Trinajstić information content (AvgIpc) is 2.92. The van der Waals surface area contributed by atoms with Crippen LogP contribution in [0.25, 0.3) is 0 Å². The van der Waals surface area contributed by atoms with Crippen molar-refractivity contribution in [2.45, 2.75) is 27.7 Å². The molecule has 0 aliphatic rings. The molecule has 0 radical (unpaired) electrons. The Hall–Kier alpha value is -4.34. The number of hydrogen-bond donors (Lipinski definition) is 0. The van der Waals surface area contributed by atoms with E-state index in [4.69, 9.17) is 18.9 Å². The van der Waals surface area contributed by atoms with E-state index in [9.17, 15) is 28.8 Å². The van der Waals surface area contributed by atoms with E-state index >= 15 is 0 Å². The molecule has 0 fully saturated rings. The van der Waals surface area contributed by atoms with Crippen molar-refractivity contribution in [2.75, 3.05) is 26.4 Å². The van der Waals surface area contributed by atoms with Crippen molar-refractivity contribution in [3.05, 3.63) is 71.8 Å². The van der Waals surface area contributed by atoms with Gasteiger partial charge in [0, 0.05) is 11.1 Å². The van der Waals surface area contributed by atoms with Gasteiger partial charge in [-0.05, 0) is 27.7 Å². The van der Waals surface area contributed by atoms with Crippen LogP contribution in [0.5, 0.6) is 0 Å². The van der Waals surface area contributed by atoms with Crippen LogP contribution in [0, 0.1) is 10.8 Å². The van der Waals surface area contributed by atoms with Gasteiger partial charge in [-0.2, -0.15) is 0 Å². The lowest BCUT2D eigenvalue weighted by molar-refractivity contribution is -0.193. The molecule has 0 aromatic heterocycles. The number of carbonyl (C=O) groups excluding carboxylic acids is 6. The lowest BCUT2D eigenvalue weighted by Crippen LogP contribution is -2.69. The van der Waals surface area contributed by atoms with Gasteiger partial charge in [0.25, 0.3) is 10.8 Å². The molecule has 2 aromatic rings. The molecule has 10 heteroatoms. The summed E-state index contributed by atoms with van der Waals surface area (Å²) >= 11 is 0. The molecule has 0 amide bonds. The molecule has 0 unspecified atom stereocenters. The van der Waals surface area contributed by atoms with Crippen LogP contribution >= 0.6 is 0 Å². The Bertz CT molecular complexity index is 1040. The van der Waals surface area contributed by atoms with E-state index in [1.54, 1.807) is 12.1 Å². The number of rotatable bonds is 13.